The normalized spacial score (nSPS) is 18.8. The Morgan fingerprint density at radius 3 is 3.05 bits per heavy atom. The van der Waals surface area contributed by atoms with Crippen molar-refractivity contribution in [2.45, 2.75) is 18.8 Å². The Morgan fingerprint density at radius 1 is 1.45 bits per heavy atom. The molecule has 7 nitrogen and oxygen atoms in total. The summed E-state index contributed by atoms with van der Waals surface area (Å²) in [5.41, 5.74) is 6.06. The molecule has 1 saturated heterocycles. The van der Waals surface area contributed by atoms with Crippen LogP contribution in [0, 0.1) is 11.3 Å². The molecule has 20 heavy (non-hydrogen) atoms. The number of rotatable bonds is 2. The van der Waals surface area contributed by atoms with E-state index in [4.69, 9.17) is 11.0 Å². The van der Waals surface area contributed by atoms with Crippen molar-refractivity contribution >= 4 is 11.8 Å². The van der Waals surface area contributed by atoms with Gasteiger partial charge in [0.1, 0.15) is 23.3 Å². The van der Waals surface area contributed by atoms with Crippen molar-refractivity contribution in [2.24, 2.45) is 0 Å². The van der Waals surface area contributed by atoms with E-state index in [1.54, 1.807) is 6.20 Å². The maximum atomic E-state index is 8.85. The van der Waals surface area contributed by atoms with Crippen LogP contribution in [-0.2, 0) is 0 Å². The van der Waals surface area contributed by atoms with E-state index < -0.39 is 0 Å². The van der Waals surface area contributed by atoms with Crippen molar-refractivity contribution in [2.75, 3.05) is 23.7 Å². The number of nitrogens with two attached hydrogens (primary N) is 1. The molecule has 3 N–H and O–H groups in total. The van der Waals surface area contributed by atoms with Gasteiger partial charge < -0.3 is 15.6 Å². The van der Waals surface area contributed by atoms with E-state index in [-0.39, 0.29) is 5.82 Å². The standard InChI is InChI=1S/C13H15N7/c14-6-10-7-18-13(19-11(10)15)20-5-1-2-9(8-20)12-16-3-4-17-12/h3-4,7,9H,1-2,5,8H2,(H,16,17)(H2,15,18,19)/t9-/m0/s1. The Kier molecular flexibility index (Phi) is 3.21. The van der Waals surface area contributed by atoms with E-state index in [0.717, 1.165) is 31.8 Å². The Morgan fingerprint density at radius 2 is 2.35 bits per heavy atom. The highest BCUT2D eigenvalue weighted by Gasteiger charge is 2.24. The molecule has 0 bridgehead atoms. The van der Waals surface area contributed by atoms with Gasteiger partial charge in [-0.15, -0.1) is 0 Å². The summed E-state index contributed by atoms with van der Waals surface area (Å²) in [5.74, 6) is 2.16. The van der Waals surface area contributed by atoms with Crippen LogP contribution in [0.1, 0.15) is 30.1 Å². The van der Waals surface area contributed by atoms with Crippen LogP contribution in [0.25, 0.3) is 0 Å². The van der Waals surface area contributed by atoms with Crippen LogP contribution < -0.4 is 10.6 Å². The van der Waals surface area contributed by atoms with Gasteiger partial charge in [-0.2, -0.15) is 10.2 Å². The van der Waals surface area contributed by atoms with Gasteiger partial charge in [-0.3, -0.25) is 0 Å². The van der Waals surface area contributed by atoms with Gasteiger partial charge in [0, 0.05) is 31.4 Å². The van der Waals surface area contributed by atoms with Crippen LogP contribution in [0.15, 0.2) is 18.6 Å². The number of hydrogen-bond acceptors (Lipinski definition) is 6. The van der Waals surface area contributed by atoms with Crippen LogP contribution in [0.3, 0.4) is 0 Å². The summed E-state index contributed by atoms with van der Waals surface area (Å²) in [6, 6.07) is 1.97. The summed E-state index contributed by atoms with van der Waals surface area (Å²) in [6.07, 6.45) is 7.23. The molecule has 0 aromatic carbocycles. The molecule has 1 aliphatic heterocycles. The monoisotopic (exact) mass is 269 g/mol. The molecule has 2 aromatic heterocycles. The predicted molar refractivity (Wildman–Crippen MR) is 73.9 cm³/mol. The Hall–Kier alpha value is -2.62. The number of nitrogen functional groups attached to an aromatic ring is 1. The molecule has 102 valence electrons. The van der Waals surface area contributed by atoms with Gasteiger partial charge in [-0.25, -0.2) is 9.97 Å². The van der Waals surface area contributed by atoms with Gasteiger partial charge >= 0.3 is 0 Å². The lowest BCUT2D eigenvalue weighted by molar-refractivity contribution is 0.488. The van der Waals surface area contributed by atoms with Crippen molar-refractivity contribution in [1.29, 1.82) is 5.26 Å². The molecule has 0 amide bonds. The number of anilines is 2. The first-order valence-electron chi connectivity index (χ1n) is 6.55. The van der Waals surface area contributed by atoms with E-state index in [1.807, 2.05) is 12.3 Å². The molecule has 7 heteroatoms. The average Bonchev–Trinajstić information content (AvgIpc) is 3.01. The van der Waals surface area contributed by atoms with Crippen molar-refractivity contribution in [3.05, 3.63) is 30.0 Å². The lowest BCUT2D eigenvalue weighted by atomic mass is 9.98. The average molecular weight is 269 g/mol. The summed E-state index contributed by atoms with van der Waals surface area (Å²) in [7, 11) is 0. The van der Waals surface area contributed by atoms with Crippen LogP contribution in [0.4, 0.5) is 11.8 Å². The smallest absolute Gasteiger partial charge is 0.227 e. The minimum atomic E-state index is 0.234. The van der Waals surface area contributed by atoms with E-state index in [2.05, 4.69) is 24.8 Å². The molecule has 0 aliphatic carbocycles. The Labute approximate surface area is 116 Å². The third-order valence-electron chi connectivity index (χ3n) is 3.54. The fourth-order valence-corrected chi connectivity index (χ4v) is 2.51. The van der Waals surface area contributed by atoms with E-state index in [0.29, 0.717) is 17.4 Å². The van der Waals surface area contributed by atoms with Crippen molar-refractivity contribution < 1.29 is 0 Å². The van der Waals surface area contributed by atoms with E-state index in [1.165, 1.54) is 6.20 Å². The predicted octanol–water partition coefficient (Wildman–Crippen LogP) is 1.04. The second kappa shape index (κ2) is 5.17. The lowest BCUT2D eigenvalue weighted by Crippen LogP contribution is -2.36. The minimum absolute atomic E-state index is 0.234. The van der Waals surface area contributed by atoms with Gasteiger partial charge in [-0.05, 0) is 12.8 Å². The fraction of sp³-hybridized carbons (Fsp3) is 0.385. The highest BCUT2D eigenvalue weighted by Crippen LogP contribution is 2.26. The van der Waals surface area contributed by atoms with Crippen molar-refractivity contribution in [3.8, 4) is 6.07 Å². The zero-order chi connectivity index (χ0) is 13.9. The summed E-state index contributed by atoms with van der Waals surface area (Å²) in [5, 5.41) is 8.85. The number of aromatic amines is 1. The zero-order valence-electron chi connectivity index (χ0n) is 11.0. The fourth-order valence-electron chi connectivity index (χ4n) is 2.51. The molecule has 1 fully saturated rings. The number of imidazole rings is 1. The molecule has 3 rings (SSSR count). The summed E-state index contributed by atoms with van der Waals surface area (Å²) in [6.45, 7) is 1.70. The largest absolute Gasteiger partial charge is 0.382 e. The third kappa shape index (κ3) is 2.28. The van der Waals surface area contributed by atoms with Gasteiger partial charge in [0.25, 0.3) is 0 Å². The molecule has 0 radical (unpaired) electrons. The first kappa shape index (κ1) is 12.4. The number of aromatic nitrogens is 4. The number of nitriles is 1. The van der Waals surface area contributed by atoms with Gasteiger partial charge in [-0.1, -0.05) is 0 Å². The highest BCUT2D eigenvalue weighted by atomic mass is 15.3. The molecule has 3 heterocycles. The number of piperidine rings is 1. The molecule has 0 spiro atoms. The topological polar surface area (TPSA) is 108 Å². The highest BCUT2D eigenvalue weighted by molar-refractivity contribution is 5.50. The maximum absolute atomic E-state index is 8.85. The quantitative estimate of drug-likeness (QED) is 0.843. The van der Waals surface area contributed by atoms with Gasteiger partial charge in [0.2, 0.25) is 5.95 Å². The lowest BCUT2D eigenvalue weighted by Gasteiger charge is -2.31. The second-order valence-electron chi connectivity index (χ2n) is 4.84. The Bertz CT molecular complexity index is 629. The molecule has 0 saturated carbocycles. The maximum Gasteiger partial charge on any atom is 0.227 e. The van der Waals surface area contributed by atoms with Gasteiger partial charge in [0.05, 0.1) is 6.20 Å². The molecule has 1 aliphatic rings. The molecule has 0 unspecified atom stereocenters. The van der Waals surface area contributed by atoms with Crippen molar-refractivity contribution in [1.82, 2.24) is 19.9 Å². The summed E-state index contributed by atoms with van der Waals surface area (Å²) >= 11 is 0. The first-order valence-corrected chi connectivity index (χ1v) is 6.55. The zero-order valence-corrected chi connectivity index (χ0v) is 11.0. The molecule has 2 aromatic rings. The minimum Gasteiger partial charge on any atom is -0.382 e. The number of nitrogens with zero attached hydrogens (tertiary/aromatic N) is 5. The van der Waals surface area contributed by atoms with Gasteiger partial charge in [0.15, 0.2) is 0 Å². The third-order valence-corrected chi connectivity index (χ3v) is 3.54. The summed E-state index contributed by atoms with van der Waals surface area (Å²) < 4.78 is 0. The SMILES string of the molecule is N#Cc1cnc(N2CCC[C@H](c3ncc[nH]3)C2)nc1N. The second-order valence-corrected chi connectivity index (χ2v) is 4.84. The van der Waals surface area contributed by atoms with Crippen LogP contribution in [0.5, 0.6) is 0 Å². The number of nitrogens with one attached hydrogen (secondary N) is 1. The number of hydrogen-bond donors (Lipinski definition) is 2. The molecular formula is C13H15N7. The first-order chi connectivity index (χ1) is 9.78. The van der Waals surface area contributed by atoms with E-state index >= 15 is 0 Å². The summed E-state index contributed by atoms with van der Waals surface area (Å²) in [4.78, 5) is 18.0. The number of H-pyrrole nitrogens is 1. The van der Waals surface area contributed by atoms with E-state index in [9.17, 15) is 0 Å². The van der Waals surface area contributed by atoms with Crippen LogP contribution in [0.2, 0.25) is 0 Å². The van der Waals surface area contributed by atoms with Crippen molar-refractivity contribution in [3.63, 3.8) is 0 Å². The molecular weight excluding hydrogens is 254 g/mol. The van der Waals surface area contributed by atoms with Crippen LogP contribution in [-0.4, -0.2) is 33.0 Å². The van der Waals surface area contributed by atoms with Crippen LogP contribution >= 0.6 is 0 Å². The Balaban J connectivity index is 1.80. The molecule has 1 atom stereocenters.